The molecule has 1 amide bonds. The number of amides is 1. The van der Waals surface area contributed by atoms with E-state index in [0.29, 0.717) is 17.9 Å². The maximum absolute atomic E-state index is 12.3. The Morgan fingerprint density at radius 1 is 1.29 bits per heavy atom. The average molecular weight is 287 g/mol. The van der Waals surface area contributed by atoms with Gasteiger partial charge in [0, 0.05) is 12.2 Å². The number of nitrogens with zero attached hydrogens (tertiary/aromatic N) is 2. The van der Waals surface area contributed by atoms with E-state index in [2.05, 4.69) is 10.4 Å². The number of hydrogen-bond acceptors (Lipinski definition) is 3. The van der Waals surface area contributed by atoms with E-state index in [9.17, 15) is 9.59 Å². The molecular weight excluding hydrogens is 270 g/mol. The van der Waals surface area contributed by atoms with Crippen LogP contribution in [0.5, 0.6) is 0 Å². The number of nitrogens with one attached hydrogen (secondary N) is 1. The van der Waals surface area contributed by atoms with E-state index in [1.807, 2.05) is 13.8 Å². The van der Waals surface area contributed by atoms with Gasteiger partial charge in [0.05, 0.1) is 11.3 Å². The van der Waals surface area contributed by atoms with Gasteiger partial charge < -0.3 is 10.4 Å². The Labute approximate surface area is 122 Å². The molecule has 0 radical (unpaired) electrons. The number of anilines is 1. The predicted octanol–water partition coefficient (Wildman–Crippen LogP) is 2.42. The van der Waals surface area contributed by atoms with Crippen LogP contribution in [-0.4, -0.2) is 26.8 Å². The second-order valence-electron chi connectivity index (χ2n) is 4.53. The lowest BCUT2D eigenvalue weighted by atomic mass is 10.2. The highest BCUT2D eigenvalue weighted by molar-refractivity contribution is 6.03. The quantitative estimate of drug-likeness (QED) is 0.884. The Bertz CT molecular complexity index is 677. The summed E-state index contributed by atoms with van der Waals surface area (Å²) in [7, 11) is 0. The van der Waals surface area contributed by atoms with E-state index >= 15 is 0 Å². The minimum atomic E-state index is -1.03. The molecule has 2 aromatic rings. The van der Waals surface area contributed by atoms with Gasteiger partial charge in [-0.1, -0.05) is 13.0 Å². The summed E-state index contributed by atoms with van der Waals surface area (Å²) in [6.07, 6.45) is 0.752. The third-order valence-corrected chi connectivity index (χ3v) is 3.09. The van der Waals surface area contributed by atoms with Crippen LogP contribution >= 0.6 is 0 Å². The van der Waals surface area contributed by atoms with Gasteiger partial charge in [-0.05, 0) is 37.6 Å². The summed E-state index contributed by atoms with van der Waals surface area (Å²) in [5.74, 6) is -1.33. The Morgan fingerprint density at radius 3 is 2.67 bits per heavy atom. The van der Waals surface area contributed by atoms with Crippen LogP contribution in [0.1, 0.15) is 40.4 Å². The highest BCUT2D eigenvalue weighted by Crippen LogP contribution is 2.13. The monoisotopic (exact) mass is 287 g/mol. The standard InChI is InChI=1S/C15H17N3O3/c1-3-11-9-13(18(4-2)17-11)14(19)16-12-7-5-6-10(8-12)15(20)21/h5-9H,3-4H2,1-2H3,(H,16,19)(H,20,21). The number of benzene rings is 1. The number of aromatic nitrogens is 2. The summed E-state index contributed by atoms with van der Waals surface area (Å²) in [6.45, 7) is 4.48. The largest absolute Gasteiger partial charge is 0.478 e. The van der Waals surface area contributed by atoms with Crippen LogP contribution in [0, 0.1) is 0 Å². The van der Waals surface area contributed by atoms with Crippen LogP contribution in [-0.2, 0) is 13.0 Å². The summed E-state index contributed by atoms with van der Waals surface area (Å²) in [5, 5.41) is 16.0. The molecule has 0 spiro atoms. The fourth-order valence-electron chi connectivity index (χ4n) is 1.99. The molecular formula is C15H17N3O3. The van der Waals surface area contributed by atoms with Crippen molar-refractivity contribution in [1.82, 2.24) is 9.78 Å². The smallest absolute Gasteiger partial charge is 0.335 e. The lowest BCUT2D eigenvalue weighted by Crippen LogP contribution is -2.17. The van der Waals surface area contributed by atoms with E-state index in [1.54, 1.807) is 22.9 Å². The first-order valence-electron chi connectivity index (χ1n) is 6.76. The second kappa shape index (κ2) is 6.21. The molecule has 0 unspecified atom stereocenters. The van der Waals surface area contributed by atoms with Crippen molar-refractivity contribution in [2.45, 2.75) is 26.8 Å². The summed E-state index contributed by atoms with van der Waals surface area (Å²) >= 11 is 0. The fraction of sp³-hybridized carbons (Fsp3) is 0.267. The third-order valence-electron chi connectivity index (χ3n) is 3.09. The Kier molecular flexibility index (Phi) is 4.37. The molecule has 0 atom stereocenters. The van der Waals surface area contributed by atoms with Crippen LogP contribution in [0.3, 0.4) is 0 Å². The molecule has 21 heavy (non-hydrogen) atoms. The number of carbonyl (C=O) groups is 2. The molecule has 1 heterocycles. The normalized spacial score (nSPS) is 10.4. The lowest BCUT2D eigenvalue weighted by Gasteiger charge is -2.07. The number of rotatable bonds is 5. The van der Waals surface area contributed by atoms with Crippen LogP contribution in [0.25, 0.3) is 0 Å². The van der Waals surface area contributed by atoms with Crippen molar-refractivity contribution in [2.24, 2.45) is 0 Å². The second-order valence-corrected chi connectivity index (χ2v) is 4.53. The average Bonchev–Trinajstić information content (AvgIpc) is 2.91. The van der Waals surface area contributed by atoms with Gasteiger partial charge in [0.2, 0.25) is 0 Å². The first kappa shape index (κ1) is 14.8. The van der Waals surface area contributed by atoms with Gasteiger partial charge >= 0.3 is 5.97 Å². The molecule has 0 saturated carbocycles. The van der Waals surface area contributed by atoms with E-state index in [4.69, 9.17) is 5.11 Å². The SMILES string of the molecule is CCc1cc(C(=O)Nc2cccc(C(=O)O)c2)n(CC)n1. The van der Waals surface area contributed by atoms with Gasteiger partial charge in [0.1, 0.15) is 5.69 Å². The molecule has 0 aliphatic rings. The highest BCUT2D eigenvalue weighted by atomic mass is 16.4. The molecule has 1 aromatic carbocycles. The topological polar surface area (TPSA) is 84.2 Å². The minimum Gasteiger partial charge on any atom is -0.478 e. The van der Waals surface area contributed by atoms with Gasteiger partial charge in [-0.25, -0.2) is 4.79 Å². The van der Waals surface area contributed by atoms with Crippen molar-refractivity contribution in [1.29, 1.82) is 0 Å². The molecule has 6 heteroatoms. The van der Waals surface area contributed by atoms with Crippen molar-refractivity contribution in [2.75, 3.05) is 5.32 Å². The van der Waals surface area contributed by atoms with Crippen molar-refractivity contribution < 1.29 is 14.7 Å². The molecule has 0 fully saturated rings. The molecule has 1 aromatic heterocycles. The van der Waals surface area contributed by atoms with E-state index in [0.717, 1.165) is 12.1 Å². The molecule has 2 N–H and O–H groups in total. The zero-order valence-corrected chi connectivity index (χ0v) is 12.0. The lowest BCUT2D eigenvalue weighted by molar-refractivity contribution is 0.0696. The number of aryl methyl sites for hydroxylation is 2. The highest BCUT2D eigenvalue weighted by Gasteiger charge is 2.14. The van der Waals surface area contributed by atoms with Crippen molar-refractivity contribution in [3.8, 4) is 0 Å². The van der Waals surface area contributed by atoms with Gasteiger partial charge in [0.25, 0.3) is 5.91 Å². The van der Waals surface area contributed by atoms with Crippen LogP contribution in [0.2, 0.25) is 0 Å². The van der Waals surface area contributed by atoms with E-state index in [-0.39, 0.29) is 11.5 Å². The number of aromatic carboxylic acids is 1. The van der Waals surface area contributed by atoms with Crippen molar-refractivity contribution >= 4 is 17.6 Å². The zero-order valence-electron chi connectivity index (χ0n) is 12.0. The van der Waals surface area contributed by atoms with Crippen LogP contribution < -0.4 is 5.32 Å². The van der Waals surface area contributed by atoms with Gasteiger partial charge in [0.15, 0.2) is 0 Å². The molecule has 110 valence electrons. The fourth-order valence-corrected chi connectivity index (χ4v) is 1.99. The maximum Gasteiger partial charge on any atom is 0.335 e. The Hall–Kier alpha value is -2.63. The molecule has 0 bridgehead atoms. The van der Waals surface area contributed by atoms with Crippen molar-refractivity contribution in [3.05, 3.63) is 47.3 Å². The van der Waals surface area contributed by atoms with E-state index < -0.39 is 5.97 Å². The summed E-state index contributed by atoms with van der Waals surface area (Å²) < 4.78 is 1.63. The summed E-state index contributed by atoms with van der Waals surface area (Å²) in [6, 6.07) is 7.89. The number of hydrogen-bond donors (Lipinski definition) is 2. The minimum absolute atomic E-state index is 0.131. The molecule has 6 nitrogen and oxygen atoms in total. The Balaban J connectivity index is 2.23. The summed E-state index contributed by atoms with van der Waals surface area (Å²) in [5.41, 5.74) is 1.89. The van der Waals surface area contributed by atoms with Gasteiger partial charge in [-0.2, -0.15) is 5.10 Å². The zero-order chi connectivity index (χ0) is 15.4. The predicted molar refractivity (Wildman–Crippen MR) is 78.6 cm³/mol. The molecule has 0 aliphatic carbocycles. The first-order valence-corrected chi connectivity index (χ1v) is 6.76. The van der Waals surface area contributed by atoms with Crippen molar-refractivity contribution in [3.63, 3.8) is 0 Å². The van der Waals surface area contributed by atoms with Gasteiger partial charge in [-0.3, -0.25) is 9.48 Å². The summed E-state index contributed by atoms with van der Waals surface area (Å²) in [4.78, 5) is 23.2. The van der Waals surface area contributed by atoms with Crippen LogP contribution in [0.4, 0.5) is 5.69 Å². The number of carboxylic acid groups (broad SMARTS) is 1. The first-order chi connectivity index (χ1) is 10.0. The number of carboxylic acids is 1. The third kappa shape index (κ3) is 3.28. The molecule has 2 rings (SSSR count). The molecule has 0 aliphatic heterocycles. The van der Waals surface area contributed by atoms with E-state index in [1.165, 1.54) is 12.1 Å². The molecule has 0 saturated heterocycles. The maximum atomic E-state index is 12.3. The van der Waals surface area contributed by atoms with Crippen LogP contribution in [0.15, 0.2) is 30.3 Å². The Morgan fingerprint density at radius 2 is 2.05 bits per heavy atom. The van der Waals surface area contributed by atoms with Gasteiger partial charge in [-0.15, -0.1) is 0 Å². The number of carbonyl (C=O) groups excluding carboxylic acids is 1.